The molecule has 0 bridgehead atoms. The number of halogens is 3. The van der Waals surface area contributed by atoms with Crippen LogP contribution in [-0.2, 0) is 0 Å². The van der Waals surface area contributed by atoms with Crippen molar-refractivity contribution in [1.82, 2.24) is 14.6 Å². The molecule has 3 aromatic rings. The first kappa shape index (κ1) is 14.9. The van der Waals surface area contributed by atoms with Gasteiger partial charge < -0.3 is 5.32 Å². The van der Waals surface area contributed by atoms with Gasteiger partial charge in [-0.2, -0.15) is 5.10 Å². The van der Waals surface area contributed by atoms with Gasteiger partial charge in [0.25, 0.3) is 0 Å². The zero-order valence-electron chi connectivity index (χ0n) is 11.5. The van der Waals surface area contributed by atoms with Crippen molar-refractivity contribution in [1.29, 1.82) is 0 Å². The zero-order chi connectivity index (χ0) is 15.5. The molecule has 1 atom stereocenters. The van der Waals surface area contributed by atoms with Crippen LogP contribution in [0.2, 0.25) is 0 Å². The van der Waals surface area contributed by atoms with E-state index in [1.165, 1.54) is 0 Å². The summed E-state index contributed by atoms with van der Waals surface area (Å²) < 4.78 is 29.1. The van der Waals surface area contributed by atoms with Crippen molar-refractivity contribution in [2.24, 2.45) is 0 Å². The number of rotatable bonds is 5. The van der Waals surface area contributed by atoms with Gasteiger partial charge in [-0.05, 0) is 21.5 Å². The van der Waals surface area contributed by atoms with Crippen LogP contribution in [0, 0.1) is 0 Å². The summed E-state index contributed by atoms with van der Waals surface area (Å²) in [4.78, 5) is 4.22. The molecule has 4 nitrogen and oxygen atoms in total. The monoisotopic (exact) mass is 366 g/mol. The van der Waals surface area contributed by atoms with Crippen molar-refractivity contribution in [3.63, 3.8) is 0 Å². The fourth-order valence-corrected chi connectivity index (χ4v) is 2.76. The summed E-state index contributed by atoms with van der Waals surface area (Å²) in [7, 11) is 0. The van der Waals surface area contributed by atoms with Crippen molar-refractivity contribution < 1.29 is 8.78 Å². The number of aromatic nitrogens is 3. The molecule has 2 heterocycles. The third-order valence-corrected chi connectivity index (χ3v) is 3.99. The van der Waals surface area contributed by atoms with Crippen molar-refractivity contribution in [2.75, 3.05) is 11.9 Å². The van der Waals surface area contributed by atoms with Crippen LogP contribution in [0.1, 0.15) is 11.5 Å². The van der Waals surface area contributed by atoms with E-state index in [0.717, 1.165) is 9.99 Å². The molecule has 0 saturated carbocycles. The predicted octanol–water partition coefficient (Wildman–Crippen LogP) is 3.95. The molecule has 0 fully saturated rings. The molecule has 22 heavy (non-hydrogen) atoms. The lowest BCUT2D eigenvalue weighted by atomic mass is 10.00. The van der Waals surface area contributed by atoms with Gasteiger partial charge in [-0.1, -0.05) is 30.3 Å². The van der Waals surface area contributed by atoms with E-state index in [4.69, 9.17) is 0 Å². The highest BCUT2D eigenvalue weighted by Gasteiger charge is 2.22. The Bertz CT molecular complexity index is 761. The molecule has 7 heteroatoms. The number of hydrogen-bond donors (Lipinski definition) is 1. The SMILES string of the molecule is FC(F)C(CNc1nccn2ncc(Br)c12)c1ccccc1. The van der Waals surface area contributed by atoms with Gasteiger partial charge in [0.2, 0.25) is 6.43 Å². The lowest BCUT2D eigenvalue weighted by Crippen LogP contribution is -2.20. The Kier molecular flexibility index (Phi) is 4.33. The molecule has 0 aliphatic heterocycles. The van der Waals surface area contributed by atoms with E-state index in [9.17, 15) is 8.78 Å². The third-order valence-electron chi connectivity index (χ3n) is 3.41. The van der Waals surface area contributed by atoms with Gasteiger partial charge in [-0.15, -0.1) is 0 Å². The highest BCUT2D eigenvalue weighted by atomic mass is 79.9. The Labute approximate surface area is 134 Å². The first-order chi connectivity index (χ1) is 10.7. The predicted molar refractivity (Wildman–Crippen MR) is 84.4 cm³/mol. The fraction of sp³-hybridized carbons (Fsp3) is 0.200. The zero-order valence-corrected chi connectivity index (χ0v) is 13.0. The minimum Gasteiger partial charge on any atom is -0.367 e. The lowest BCUT2D eigenvalue weighted by molar-refractivity contribution is 0.118. The number of anilines is 1. The van der Waals surface area contributed by atoms with E-state index in [0.29, 0.717) is 11.4 Å². The number of benzene rings is 1. The number of nitrogens with zero attached hydrogens (tertiary/aromatic N) is 3. The summed E-state index contributed by atoms with van der Waals surface area (Å²) in [6.07, 6.45) is 2.47. The lowest BCUT2D eigenvalue weighted by Gasteiger charge is -2.18. The molecule has 3 rings (SSSR count). The summed E-state index contributed by atoms with van der Waals surface area (Å²) in [5, 5.41) is 7.15. The number of alkyl halides is 2. The molecule has 114 valence electrons. The van der Waals surface area contributed by atoms with Crippen LogP contribution in [0.15, 0.2) is 53.4 Å². The van der Waals surface area contributed by atoms with E-state index in [1.54, 1.807) is 47.4 Å². The minimum atomic E-state index is -2.46. The van der Waals surface area contributed by atoms with E-state index >= 15 is 0 Å². The summed E-state index contributed by atoms with van der Waals surface area (Å²) in [6.45, 7) is 0.0893. The average Bonchev–Trinajstić information content (AvgIpc) is 2.91. The highest BCUT2D eigenvalue weighted by Crippen LogP contribution is 2.26. The molecular formula is C15H13BrF2N4. The van der Waals surface area contributed by atoms with Gasteiger partial charge in [-0.3, -0.25) is 0 Å². The van der Waals surface area contributed by atoms with Gasteiger partial charge >= 0.3 is 0 Å². The highest BCUT2D eigenvalue weighted by molar-refractivity contribution is 9.10. The summed E-state index contributed by atoms with van der Waals surface area (Å²) in [5.41, 5.74) is 1.33. The van der Waals surface area contributed by atoms with Crippen molar-refractivity contribution in [3.05, 3.63) is 59.0 Å². The van der Waals surface area contributed by atoms with Gasteiger partial charge in [0, 0.05) is 18.9 Å². The molecule has 0 saturated heterocycles. The van der Waals surface area contributed by atoms with Crippen LogP contribution >= 0.6 is 15.9 Å². The molecule has 1 N–H and O–H groups in total. The maximum Gasteiger partial charge on any atom is 0.247 e. The summed E-state index contributed by atoms with van der Waals surface area (Å²) in [5.74, 6) is -0.376. The maximum atomic E-state index is 13.3. The number of nitrogens with one attached hydrogen (secondary N) is 1. The second-order valence-corrected chi connectivity index (χ2v) is 5.65. The summed E-state index contributed by atoms with van der Waals surface area (Å²) in [6, 6.07) is 8.75. The summed E-state index contributed by atoms with van der Waals surface area (Å²) >= 11 is 3.39. The van der Waals surface area contributed by atoms with E-state index < -0.39 is 12.3 Å². The van der Waals surface area contributed by atoms with Crippen LogP contribution in [0.25, 0.3) is 5.52 Å². The molecule has 0 aliphatic carbocycles. The molecule has 0 radical (unpaired) electrons. The first-order valence-corrected chi connectivity index (χ1v) is 7.51. The molecular weight excluding hydrogens is 354 g/mol. The fourth-order valence-electron chi connectivity index (χ4n) is 2.30. The molecule has 0 spiro atoms. The Morgan fingerprint density at radius 2 is 2.00 bits per heavy atom. The Hall–Kier alpha value is -2.02. The second kappa shape index (κ2) is 6.39. The topological polar surface area (TPSA) is 42.2 Å². The van der Waals surface area contributed by atoms with Crippen molar-refractivity contribution >= 4 is 27.3 Å². The molecule has 0 aliphatic rings. The third kappa shape index (κ3) is 2.94. The van der Waals surface area contributed by atoms with E-state index in [-0.39, 0.29) is 6.54 Å². The van der Waals surface area contributed by atoms with E-state index in [2.05, 4.69) is 31.3 Å². The number of hydrogen-bond acceptors (Lipinski definition) is 3. The minimum absolute atomic E-state index is 0.0893. The van der Waals surface area contributed by atoms with Crippen LogP contribution in [0.4, 0.5) is 14.6 Å². The second-order valence-electron chi connectivity index (χ2n) is 4.79. The quantitative estimate of drug-likeness (QED) is 0.743. The van der Waals surface area contributed by atoms with Gasteiger partial charge in [0.15, 0.2) is 5.82 Å². The average molecular weight is 367 g/mol. The smallest absolute Gasteiger partial charge is 0.247 e. The Morgan fingerprint density at radius 1 is 1.23 bits per heavy atom. The normalized spacial score (nSPS) is 12.7. The van der Waals surface area contributed by atoms with Crippen molar-refractivity contribution in [3.8, 4) is 0 Å². The Morgan fingerprint density at radius 3 is 2.73 bits per heavy atom. The maximum absolute atomic E-state index is 13.3. The molecule has 2 aromatic heterocycles. The van der Waals surface area contributed by atoms with E-state index in [1.807, 2.05) is 6.07 Å². The van der Waals surface area contributed by atoms with Crippen LogP contribution in [0.5, 0.6) is 0 Å². The number of fused-ring (bicyclic) bond motifs is 1. The van der Waals surface area contributed by atoms with Crippen LogP contribution < -0.4 is 5.32 Å². The largest absolute Gasteiger partial charge is 0.367 e. The molecule has 1 aromatic carbocycles. The Balaban J connectivity index is 1.84. The van der Waals surface area contributed by atoms with Crippen LogP contribution in [-0.4, -0.2) is 27.6 Å². The van der Waals surface area contributed by atoms with Crippen LogP contribution in [0.3, 0.4) is 0 Å². The standard InChI is InChI=1S/C15H13BrF2N4/c16-12-9-21-22-7-6-19-15(13(12)22)20-8-11(14(17)18)10-4-2-1-3-5-10/h1-7,9,11,14H,8H2,(H,19,20). The van der Waals surface area contributed by atoms with Gasteiger partial charge in [0.1, 0.15) is 5.52 Å². The molecule has 1 unspecified atom stereocenters. The van der Waals surface area contributed by atoms with Gasteiger partial charge in [0.05, 0.1) is 16.6 Å². The molecule has 0 amide bonds. The van der Waals surface area contributed by atoms with Gasteiger partial charge in [-0.25, -0.2) is 18.3 Å². The van der Waals surface area contributed by atoms with Crippen molar-refractivity contribution in [2.45, 2.75) is 12.3 Å². The first-order valence-electron chi connectivity index (χ1n) is 6.71.